The molecule has 1 saturated carbocycles. The van der Waals surface area contributed by atoms with E-state index in [4.69, 9.17) is 0 Å². The van der Waals surface area contributed by atoms with Crippen molar-refractivity contribution in [1.29, 1.82) is 0 Å². The zero-order valence-electron chi connectivity index (χ0n) is 20.8. The van der Waals surface area contributed by atoms with Crippen molar-refractivity contribution in [3.05, 3.63) is 33.9 Å². The molecule has 1 aromatic carbocycles. The van der Waals surface area contributed by atoms with Crippen molar-refractivity contribution in [3.8, 4) is 5.75 Å². The van der Waals surface area contributed by atoms with E-state index in [-0.39, 0.29) is 68.1 Å². The molecule has 9 nitrogen and oxygen atoms in total. The van der Waals surface area contributed by atoms with Crippen molar-refractivity contribution in [2.75, 3.05) is 6.61 Å². The fourth-order valence-electron chi connectivity index (χ4n) is 5.36. The SMILES string of the molecule is CC(=O)CC(=O)C1C(=O)C2=C(O)c3c(O)c(C(C)(C)C)cc(C(C)=O)c3CC2CC1CCO.O.O.[HH].[HH]. The zero-order chi connectivity index (χ0) is 24.8. The molecule has 0 bridgehead atoms. The van der Waals surface area contributed by atoms with Gasteiger partial charge in [0.05, 0.1) is 17.9 Å². The third kappa shape index (κ3) is 5.37. The first-order chi connectivity index (χ1) is 15.3. The first-order valence-corrected chi connectivity index (χ1v) is 11.3. The first kappa shape index (κ1) is 30.2. The lowest BCUT2D eigenvalue weighted by molar-refractivity contribution is -0.137. The van der Waals surface area contributed by atoms with Crippen molar-refractivity contribution < 1.29 is 48.3 Å². The van der Waals surface area contributed by atoms with E-state index in [0.29, 0.717) is 23.1 Å². The van der Waals surface area contributed by atoms with Gasteiger partial charge in [-0.3, -0.25) is 19.2 Å². The van der Waals surface area contributed by atoms with Gasteiger partial charge in [-0.15, -0.1) is 0 Å². The van der Waals surface area contributed by atoms with E-state index in [1.165, 1.54) is 13.8 Å². The number of rotatable bonds is 6. The molecule has 0 heterocycles. The highest BCUT2D eigenvalue weighted by Gasteiger charge is 2.48. The number of ketones is 4. The Morgan fingerprint density at radius 2 is 1.71 bits per heavy atom. The Labute approximate surface area is 207 Å². The highest BCUT2D eigenvalue weighted by molar-refractivity contribution is 6.17. The summed E-state index contributed by atoms with van der Waals surface area (Å²) in [6, 6.07) is 1.66. The summed E-state index contributed by atoms with van der Waals surface area (Å²) in [7, 11) is 0. The molecule has 7 N–H and O–H groups in total. The molecule has 0 spiro atoms. The highest BCUT2D eigenvalue weighted by atomic mass is 16.3. The number of benzene rings is 1. The maximum absolute atomic E-state index is 13.5. The van der Waals surface area contributed by atoms with Crippen LogP contribution in [0.1, 0.15) is 83.8 Å². The van der Waals surface area contributed by atoms with Gasteiger partial charge in [0.25, 0.3) is 0 Å². The summed E-state index contributed by atoms with van der Waals surface area (Å²) in [4.78, 5) is 50.4. The maximum atomic E-state index is 13.5. The molecule has 0 amide bonds. The Hall–Kier alpha value is -2.88. The van der Waals surface area contributed by atoms with Gasteiger partial charge in [-0.1, -0.05) is 20.8 Å². The van der Waals surface area contributed by atoms with Gasteiger partial charge >= 0.3 is 0 Å². The van der Waals surface area contributed by atoms with E-state index in [9.17, 15) is 34.5 Å². The lowest BCUT2D eigenvalue weighted by Crippen LogP contribution is -2.43. The summed E-state index contributed by atoms with van der Waals surface area (Å²) < 4.78 is 0. The van der Waals surface area contributed by atoms with Crippen LogP contribution in [0.25, 0.3) is 5.76 Å². The third-order valence-corrected chi connectivity index (χ3v) is 6.82. The highest BCUT2D eigenvalue weighted by Crippen LogP contribution is 2.50. The fraction of sp³-hybridized carbons (Fsp3) is 0.538. The number of aliphatic hydroxyl groups is 2. The summed E-state index contributed by atoms with van der Waals surface area (Å²) in [5, 5.41) is 31.9. The summed E-state index contributed by atoms with van der Waals surface area (Å²) >= 11 is 0. The van der Waals surface area contributed by atoms with E-state index >= 15 is 0 Å². The summed E-state index contributed by atoms with van der Waals surface area (Å²) in [5.41, 5.74) is 0.957. The third-order valence-electron chi connectivity index (χ3n) is 6.82. The van der Waals surface area contributed by atoms with Crippen LogP contribution in [0.2, 0.25) is 0 Å². The van der Waals surface area contributed by atoms with Crippen molar-refractivity contribution in [2.24, 2.45) is 17.8 Å². The van der Waals surface area contributed by atoms with Gasteiger partial charge in [0, 0.05) is 26.2 Å². The van der Waals surface area contributed by atoms with Crippen LogP contribution in [0.5, 0.6) is 5.75 Å². The van der Waals surface area contributed by atoms with Gasteiger partial charge < -0.3 is 26.3 Å². The van der Waals surface area contributed by atoms with Gasteiger partial charge in [0.15, 0.2) is 17.3 Å². The van der Waals surface area contributed by atoms with Crippen molar-refractivity contribution in [2.45, 2.75) is 65.7 Å². The van der Waals surface area contributed by atoms with Gasteiger partial charge in [0.2, 0.25) is 0 Å². The van der Waals surface area contributed by atoms with Crippen LogP contribution in [0.3, 0.4) is 0 Å². The number of hydrogen-bond donors (Lipinski definition) is 3. The number of aliphatic hydroxyl groups excluding tert-OH is 2. The molecule has 0 aliphatic heterocycles. The molecule has 9 heteroatoms. The van der Waals surface area contributed by atoms with Crippen LogP contribution in [-0.4, -0.2) is 56.0 Å². The first-order valence-electron chi connectivity index (χ1n) is 11.3. The number of Topliss-reactive ketones (excluding diaryl/α,β-unsaturated/α-hetero) is 4. The van der Waals surface area contributed by atoms with Crippen molar-refractivity contribution >= 4 is 28.9 Å². The quantitative estimate of drug-likeness (QED) is 0.397. The lowest BCUT2D eigenvalue weighted by Gasteiger charge is -2.39. The van der Waals surface area contributed by atoms with E-state index in [1.54, 1.807) is 6.07 Å². The Kier molecular flexibility index (Phi) is 9.31. The second kappa shape index (κ2) is 10.8. The Balaban J connectivity index is 0. The van der Waals surface area contributed by atoms with Crippen molar-refractivity contribution in [1.82, 2.24) is 0 Å². The molecule has 3 atom stereocenters. The minimum Gasteiger partial charge on any atom is -0.507 e. The lowest BCUT2D eigenvalue weighted by atomic mass is 9.62. The van der Waals surface area contributed by atoms with Gasteiger partial charge in [0.1, 0.15) is 17.3 Å². The van der Waals surface area contributed by atoms with E-state index in [1.807, 2.05) is 20.8 Å². The molecule has 0 aromatic heterocycles. The van der Waals surface area contributed by atoms with Crippen LogP contribution in [0, 0.1) is 17.8 Å². The van der Waals surface area contributed by atoms with Gasteiger partial charge in [-0.05, 0) is 62.0 Å². The Morgan fingerprint density at radius 3 is 2.20 bits per heavy atom. The number of carbonyl (C=O) groups is 4. The number of hydrogen-bond acceptors (Lipinski definition) is 7. The van der Waals surface area contributed by atoms with E-state index in [2.05, 4.69) is 0 Å². The number of carbonyl (C=O) groups excluding carboxylic acids is 4. The molecule has 2 aliphatic carbocycles. The van der Waals surface area contributed by atoms with Gasteiger partial charge in [-0.2, -0.15) is 0 Å². The van der Waals surface area contributed by atoms with Crippen LogP contribution in [0.4, 0.5) is 0 Å². The number of allylic oxidation sites excluding steroid dienone is 1. The molecule has 1 aromatic rings. The normalized spacial score (nSPS) is 21.3. The van der Waals surface area contributed by atoms with E-state index < -0.39 is 40.5 Å². The summed E-state index contributed by atoms with van der Waals surface area (Å²) in [6.45, 7) is 8.09. The predicted octanol–water partition coefficient (Wildman–Crippen LogP) is 2.31. The Bertz CT molecular complexity index is 1090. The molecular weight excluding hydrogens is 456 g/mol. The van der Waals surface area contributed by atoms with E-state index in [0.717, 1.165) is 0 Å². The average Bonchev–Trinajstić information content (AvgIpc) is 2.66. The smallest absolute Gasteiger partial charge is 0.173 e. The monoisotopic (exact) mass is 496 g/mol. The van der Waals surface area contributed by atoms with Crippen LogP contribution in [0.15, 0.2) is 11.6 Å². The minimum atomic E-state index is -1.13. The molecular formula is C26H40O9. The maximum Gasteiger partial charge on any atom is 0.173 e. The second-order valence-corrected chi connectivity index (χ2v) is 10.3. The Morgan fingerprint density at radius 1 is 1.11 bits per heavy atom. The number of aromatic hydroxyl groups is 1. The number of fused-ring (bicyclic) bond motifs is 2. The number of phenols is 1. The van der Waals surface area contributed by atoms with Crippen LogP contribution >= 0.6 is 0 Å². The second-order valence-electron chi connectivity index (χ2n) is 10.3. The molecule has 2 aliphatic rings. The standard InChI is InChI=1S/C26H32O7.2H2O.2H2/c1-12(28)8-19(30)20-14(6-7-27)9-15-10-17-16(13(2)29)11-18(26(3,4)5)23(31)22(17)25(33)21(15)24(20)32;;;;/h11,14-15,20,27,31,33H,6-10H2,1-5H3;2*1H2;2*1H. The largest absolute Gasteiger partial charge is 0.507 e. The summed E-state index contributed by atoms with van der Waals surface area (Å²) in [5.74, 6) is -4.29. The molecule has 35 heavy (non-hydrogen) atoms. The predicted molar refractivity (Wildman–Crippen MR) is 134 cm³/mol. The molecule has 0 saturated heterocycles. The molecule has 3 unspecified atom stereocenters. The van der Waals surface area contributed by atoms with Crippen molar-refractivity contribution in [3.63, 3.8) is 0 Å². The zero-order valence-corrected chi connectivity index (χ0v) is 20.8. The van der Waals surface area contributed by atoms with Crippen LogP contribution in [-0.2, 0) is 26.2 Å². The average molecular weight is 497 g/mol. The summed E-state index contributed by atoms with van der Waals surface area (Å²) in [6.07, 6.45) is 0.425. The molecule has 198 valence electrons. The number of phenolic OH excluding ortho intramolecular Hbond substituents is 1. The molecule has 3 rings (SSSR count). The van der Waals surface area contributed by atoms with Gasteiger partial charge in [-0.25, -0.2) is 0 Å². The minimum absolute atomic E-state index is 0. The molecule has 0 radical (unpaired) electrons. The molecule has 1 fully saturated rings. The topological polar surface area (TPSA) is 192 Å². The fourth-order valence-corrected chi connectivity index (χ4v) is 5.36. The van der Waals surface area contributed by atoms with Crippen LogP contribution < -0.4 is 0 Å².